The number of carbonyl (C=O) groups excluding carboxylic acids is 1. The zero-order valence-electron chi connectivity index (χ0n) is 9.33. The van der Waals surface area contributed by atoms with Gasteiger partial charge in [-0.1, -0.05) is 0 Å². The molecule has 1 aromatic heterocycles. The van der Waals surface area contributed by atoms with Gasteiger partial charge in [-0.05, 0) is 68.6 Å². The van der Waals surface area contributed by atoms with Crippen molar-refractivity contribution >= 4 is 54.8 Å². The molecule has 0 spiro atoms. The van der Waals surface area contributed by atoms with Crippen molar-refractivity contribution in [3.63, 3.8) is 0 Å². The lowest BCUT2D eigenvalue weighted by molar-refractivity contribution is 0.102. The smallest absolute Gasteiger partial charge is 0.257 e. The molecule has 1 amide bonds. The molecule has 3 nitrogen and oxygen atoms in total. The van der Waals surface area contributed by atoms with E-state index >= 15 is 0 Å². The molecule has 0 atom stereocenters. The Kier molecular flexibility index (Phi) is 4.09. The molecule has 0 bridgehead atoms. The van der Waals surface area contributed by atoms with Gasteiger partial charge < -0.3 is 10.4 Å². The molecular formula is C12H9Br2NO2S. The van der Waals surface area contributed by atoms with Crippen molar-refractivity contribution < 1.29 is 9.90 Å². The summed E-state index contributed by atoms with van der Waals surface area (Å²) in [4.78, 5) is 12.0. The van der Waals surface area contributed by atoms with E-state index in [1.165, 1.54) is 11.3 Å². The Morgan fingerprint density at radius 2 is 2.06 bits per heavy atom. The highest BCUT2D eigenvalue weighted by atomic mass is 79.9. The van der Waals surface area contributed by atoms with Crippen LogP contribution >= 0.6 is 43.2 Å². The van der Waals surface area contributed by atoms with Gasteiger partial charge in [0.2, 0.25) is 0 Å². The molecular weight excluding hydrogens is 382 g/mol. The van der Waals surface area contributed by atoms with Crippen LogP contribution in [0.4, 0.5) is 5.69 Å². The SMILES string of the molecule is Cc1cc(NC(=O)c2cc(Br)sc2Br)ccc1O. The second-order valence-corrected chi connectivity index (χ2v) is 7.44. The summed E-state index contributed by atoms with van der Waals surface area (Å²) < 4.78 is 1.67. The lowest BCUT2D eigenvalue weighted by Crippen LogP contribution is -2.11. The minimum absolute atomic E-state index is 0.186. The van der Waals surface area contributed by atoms with E-state index in [0.717, 1.165) is 13.1 Å². The highest BCUT2D eigenvalue weighted by Gasteiger charge is 2.14. The quantitative estimate of drug-likeness (QED) is 0.739. The first-order valence-electron chi connectivity index (χ1n) is 5.03. The van der Waals surface area contributed by atoms with Gasteiger partial charge in [0.1, 0.15) is 5.75 Å². The molecule has 2 aromatic rings. The van der Waals surface area contributed by atoms with Crippen LogP contribution in [0.3, 0.4) is 0 Å². The second-order valence-electron chi connectivity index (χ2n) is 3.69. The number of aryl methyl sites for hydroxylation is 1. The molecule has 18 heavy (non-hydrogen) atoms. The van der Waals surface area contributed by atoms with Gasteiger partial charge in [-0.3, -0.25) is 4.79 Å². The Morgan fingerprint density at radius 3 is 2.61 bits per heavy atom. The summed E-state index contributed by atoms with van der Waals surface area (Å²) in [5.41, 5.74) is 1.96. The number of rotatable bonds is 2. The van der Waals surface area contributed by atoms with Crippen LogP contribution < -0.4 is 5.32 Å². The number of hydrogen-bond donors (Lipinski definition) is 2. The molecule has 94 valence electrons. The van der Waals surface area contributed by atoms with E-state index in [9.17, 15) is 9.90 Å². The average molecular weight is 391 g/mol. The van der Waals surface area contributed by atoms with E-state index in [-0.39, 0.29) is 11.7 Å². The number of hydrogen-bond acceptors (Lipinski definition) is 3. The number of nitrogens with one attached hydrogen (secondary N) is 1. The fourth-order valence-electron chi connectivity index (χ4n) is 1.43. The van der Waals surface area contributed by atoms with Gasteiger partial charge in [-0.25, -0.2) is 0 Å². The normalized spacial score (nSPS) is 10.4. The van der Waals surface area contributed by atoms with Gasteiger partial charge in [0.25, 0.3) is 5.91 Å². The Balaban J connectivity index is 2.21. The Hall–Kier alpha value is -0.850. The zero-order chi connectivity index (χ0) is 13.3. The molecule has 0 aliphatic heterocycles. The van der Waals surface area contributed by atoms with Crippen molar-refractivity contribution in [1.29, 1.82) is 0 Å². The number of phenolic OH excluding ortho intramolecular Hbond substituents is 1. The van der Waals surface area contributed by atoms with E-state index in [1.54, 1.807) is 31.2 Å². The zero-order valence-corrected chi connectivity index (χ0v) is 13.3. The molecule has 0 aliphatic carbocycles. The predicted octanol–water partition coefficient (Wildman–Crippen LogP) is 4.54. The van der Waals surface area contributed by atoms with E-state index < -0.39 is 0 Å². The Morgan fingerprint density at radius 1 is 1.33 bits per heavy atom. The van der Waals surface area contributed by atoms with Crippen LogP contribution in [0.15, 0.2) is 31.8 Å². The maximum atomic E-state index is 12.0. The third-order valence-electron chi connectivity index (χ3n) is 2.36. The van der Waals surface area contributed by atoms with E-state index in [2.05, 4.69) is 37.2 Å². The van der Waals surface area contributed by atoms with Gasteiger partial charge in [0, 0.05) is 5.69 Å². The maximum Gasteiger partial charge on any atom is 0.257 e. The summed E-state index contributed by atoms with van der Waals surface area (Å²) in [6.07, 6.45) is 0. The highest BCUT2D eigenvalue weighted by Crippen LogP contribution is 2.32. The van der Waals surface area contributed by atoms with Crippen molar-refractivity contribution in [1.82, 2.24) is 0 Å². The Bertz CT molecular complexity index is 610. The number of halogens is 2. The maximum absolute atomic E-state index is 12.0. The number of amides is 1. The fourth-order valence-corrected chi connectivity index (χ4v) is 4.22. The van der Waals surface area contributed by atoms with Gasteiger partial charge in [-0.2, -0.15) is 0 Å². The van der Waals surface area contributed by atoms with E-state index in [0.29, 0.717) is 11.3 Å². The summed E-state index contributed by atoms with van der Waals surface area (Å²) >= 11 is 8.12. The summed E-state index contributed by atoms with van der Waals surface area (Å²) in [5.74, 6) is 0.0290. The standard InChI is InChI=1S/C12H9Br2NO2S/c1-6-4-7(2-3-9(6)16)15-12(17)8-5-10(13)18-11(8)14/h2-5,16H,1H3,(H,15,17). The highest BCUT2D eigenvalue weighted by molar-refractivity contribution is 9.12. The van der Waals surface area contributed by atoms with E-state index in [1.807, 2.05) is 0 Å². The fraction of sp³-hybridized carbons (Fsp3) is 0.0833. The lowest BCUT2D eigenvalue weighted by Gasteiger charge is -2.06. The number of benzene rings is 1. The molecule has 0 saturated carbocycles. The summed E-state index contributed by atoms with van der Waals surface area (Å²) in [5, 5.41) is 12.2. The number of anilines is 1. The van der Waals surface area contributed by atoms with Crippen molar-refractivity contribution in [3.8, 4) is 5.75 Å². The molecule has 0 fully saturated rings. The minimum atomic E-state index is -0.186. The molecule has 0 unspecified atom stereocenters. The van der Waals surface area contributed by atoms with Crippen molar-refractivity contribution in [3.05, 3.63) is 43.0 Å². The first-order valence-corrected chi connectivity index (χ1v) is 7.43. The number of thiophene rings is 1. The van der Waals surface area contributed by atoms with Gasteiger partial charge in [-0.15, -0.1) is 11.3 Å². The molecule has 2 rings (SSSR count). The van der Waals surface area contributed by atoms with Crippen LogP contribution in [-0.2, 0) is 0 Å². The van der Waals surface area contributed by atoms with Crippen LogP contribution in [0, 0.1) is 6.92 Å². The summed E-state index contributed by atoms with van der Waals surface area (Å²) in [7, 11) is 0. The molecule has 0 radical (unpaired) electrons. The molecule has 6 heteroatoms. The van der Waals surface area contributed by atoms with Gasteiger partial charge in [0.05, 0.1) is 13.1 Å². The first-order chi connectivity index (χ1) is 8.47. The van der Waals surface area contributed by atoms with Gasteiger partial charge >= 0.3 is 0 Å². The second kappa shape index (κ2) is 5.42. The molecule has 1 heterocycles. The topological polar surface area (TPSA) is 49.3 Å². The third kappa shape index (κ3) is 2.93. The van der Waals surface area contributed by atoms with Crippen LogP contribution in [0.5, 0.6) is 5.75 Å². The van der Waals surface area contributed by atoms with Crippen molar-refractivity contribution in [2.45, 2.75) is 6.92 Å². The van der Waals surface area contributed by atoms with E-state index in [4.69, 9.17) is 0 Å². The summed E-state index contributed by atoms with van der Waals surface area (Å²) in [6.45, 7) is 1.78. The molecule has 0 saturated heterocycles. The average Bonchev–Trinajstić information content (AvgIpc) is 2.63. The number of phenols is 1. The van der Waals surface area contributed by atoms with Crippen LogP contribution in [0.1, 0.15) is 15.9 Å². The predicted molar refractivity (Wildman–Crippen MR) is 80.5 cm³/mol. The Labute approximate surface area is 125 Å². The third-order valence-corrected chi connectivity index (χ3v) is 4.70. The molecule has 1 aromatic carbocycles. The van der Waals surface area contributed by atoms with Crippen LogP contribution in [0.25, 0.3) is 0 Å². The van der Waals surface area contributed by atoms with Gasteiger partial charge in [0.15, 0.2) is 0 Å². The minimum Gasteiger partial charge on any atom is -0.508 e. The number of aromatic hydroxyl groups is 1. The van der Waals surface area contributed by atoms with Crippen LogP contribution in [-0.4, -0.2) is 11.0 Å². The summed E-state index contributed by atoms with van der Waals surface area (Å²) in [6, 6.07) is 6.71. The lowest BCUT2D eigenvalue weighted by atomic mass is 10.2. The molecule has 2 N–H and O–H groups in total. The van der Waals surface area contributed by atoms with Crippen molar-refractivity contribution in [2.75, 3.05) is 5.32 Å². The van der Waals surface area contributed by atoms with Crippen molar-refractivity contribution in [2.24, 2.45) is 0 Å². The first kappa shape index (κ1) is 13.6. The number of carbonyl (C=O) groups is 1. The largest absolute Gasteiger partial charge is 0.508 e. The monoisotopic (exact) mass is 389 g/mol. The molecule has 0 aliphatic rings. The van der Waals surface area contributed by atoms with Crippen LogP contribution in [0.2, 0.25) is 0 Å².